The van der Waals surface area contributed by atoms with Crippen LogP contribution in [0.15, 0.2) is 53.7 Å². The Kier molecular flexibility index (Phi) is 6.03. The van der Waals surface area contributed by atoms with Gasteiger partial charge in [-0.15, -0.1) is 10.2 Å². The summed E-state index contributed by atoms with van der Waals surface area (Å²) in [5.41, 5.74) is 1.51. The molecule has 0 fully saturated rings. The summed E-state index contributed by atoms with van der Waals surface area (Å²) in [6.45, 7) is 1.81. The lowest BCUT2D eigenvalue weighted by atomic mass is 10.2. The van der Waals surface area contributed by atoms with E-state index in [1.807, 2.05) is 48.9 Å². The van der Waals surface area contributed by atoms with Crippen LogP contribution in [0.2, 0.25) is 5.02 Å². The first-order valence-electron chi connectivity index (χ1n) is 8.25. The van der Waals surface area contributed by atoms with E-state index in [9.17, 15) is 4.79 Å². The SMILES string of the molecule is COc1ccc(Cl)cc1NC(=O)[C@@H](C)Sc1nnc(-c2ccccc2)n1C. The lowest BCUT2D eigenvalue weighted by Crippen LogP contribution is -2.23. The molecule has 0 aliphatic carbocycles. The van der Waals surface area contributed by atoms with E-state index in [4.69, 9.17) is 16.3 Å². The van der Waals surface area contributed by atoms with Gasteiger partial charge in [-0.3, -0.25) is 4.79 Å². The van der Waals surface area contributed by atoms with Crippen LogP contribution in [0, 0.1) is 0 Å². The number of anilines is 1. The number of ether oxygens (including phenoxy) is 1. The van der Waals surface area contributed by atoms with Crippen LogP contribution in [0.5, 0.6) is 5.75 Å². The van der Waals surface area contributed by atoms with Crippen molar-refractivity contribution in [3.8, 4) is 17.1 Å². The fourth-order valence-corrected chi connectivity index (χ4v) is 3.47. The fourth-order valence-electron chi connectivity index (χ4n) is 2.48. The van der Waals surface area contributed by atoms with Crippen LogP contribution < -0.4 is 10.1 Å². The van der Waals surface area contributed by atoms with Crippen LogP contribution in [0.1, 0.15) is 6.92 Å². The molecule has 8 heteroatoms. The molecule has 0 bridgehead atoms. The topological polar surface area (TPSA) is 69.0 Å². The van der Waals surface area contributed by atoms with E-state index in [1.54, 1.807) is 25.3 Å². The normalized spacial score (nSPS) is 11.9. The van der Waals surface area contributed by atoms with Gasteiger partial charge < -0.3 is 14.6 Å². The van der Waals surface area contributed by atoms with E-state index in [0.29, 0.717) is 21.6 Å². The molecule has 1 N–H and O–H groups in total. The van der Waals surface area contributed by atoms with Gasteiger partial charge in [-0.2, -0.15) is 0 Å². The Balaban J connectivity index is 1.72. The number of thioether (sulfide) groups is 1. The molecule has 1 atom stereocenters. The van der Waals surface area contributed by atoms with Crippen molar-refractivity contribution < 1.29 is 9.53 Å². The zero-order chi connectivity index (χ0) is 19.4. The van der Waals surface area contributed by atoms with Crippen molar-refractivity contribution in [2.75, 3.05) is 12.4 Å². The van der Waals surface area contributed by atoms with E-state index < -0.39 is 0 Å². The molecule has 2 aromatic carbocycles. The van der Waals surface area contributed by atoms with E-state index >= 15 is 0 Å². The maximum atomic E-state index is 12.6. The minimum Gasteiger partial charge on any atom is -0.495 e. The van der Waals surface area contributed by atoms with Crippen LogP contribution in [-0.2, 0) is 11.8 Å². The van der Waals surface area contributed by atoms with Gasteiger partial charge in [0, 0.05) is 17.6 Å². The number of aromatic nitrogens is 3. The van der Waals surface area contributed by atoms with E-state index in [0.717, 1.165) is 11.4 Å². The molecule has 0 aliphatic rings. The van der Waals surface area contributed by atoms with E-state index in [2.05, 4.69) is 15.5 Å². The van der Waals surface area contributed by atoms with Crippen LogP contribution >= 0.6 is 23.4 Å². The highest BCUT2D eigenvalue weighted by Gasteiger charge is 2.20. The fraction of sp³-hybridized carbons (Fsp3) is 0.211. The van der Waals surface area contributed by atoms with Crippen molar-refractivity contribution in [3.05, 3.63) is 53.6 Å². The Hall–Kier alpha value is -2.51. The van der Waals surface area contributed by atoms with E-state index in [1.165, 1.54) is 11.8 Å². The number of amides is 1. The first-order valence-corrected chi connectivity index (χ1v) is 9.51. The first kappa shape index (κ1) is 19.3. The smallest absolute Gasteiger partial charge is 0.237 e. The molecule has 0 saturated carbocycles. The van der Waals surface area contributed by atoms with Crippen molar-refractivity contribution in [1.29, 1.82) is 0 Å². The molecule has 0 radical (unpaired) electrons. The summed E-state index contributed by atoms with van der Waals surface area (Å²) in [6, 6.07) is 14.9. The first-order chi connectivity index (χ1) is 13.0. The third-order valence-corrected chi connectivity index (χ3v) is 5.31. The van der Waals surface area contributed by atoms with Crippen molar-refractivity contribution in [2.45, 2.75) is 17.3 Å². The Morgan fingerprint density at radius 1 is 1.22 bits per heavy atom. The van der Waals surface area contributed by atoms with Gasteiger partial charge in [0.2, 0.25) is 5.91 Å². The van der Waals surface area contributed by atoms with Crippen molar-refractivity contribution in [3.63, 3.8) is 0 Å². The quantitative estimate of drug-likeness (QED) is 0.624. The molecule has 1 heterocycles. The maximum absolute atomic E-state index is 12.6. The van der Waals surface area contributed by atoms with E-state index in [-0.39, 0.29) is 11.2 Å². The molecular formula is C19H19ClN4O2S. The standard InChI is InChI=1S/C19H19ClN4O2S/c1-12(18(25)21-15-11-14(20)9-10-16(15)26-3)27-19-23-22-17(24(19)2)13-7-5-4-6-8-13/h4-12H,1-3H3,(H,21,25)/t12-/m1/s1. The van der Waals surface area contributed by atoms with Crippen molar-refractivity contribution >= 4 is 35.0 Å². The lowest BCUT2D eigenvalue weighted by Gasteiger charge is -2.14. The summed E-state index contributed by atoms with van der Waals surface area (Å²) in [4.78, 5) is 12.6. The van der Waals surface area contributed by atoms with Crippen molar-refractivity contribution in [2.24, 2.45) is 7.05 Å². The molecule has 0 unspecified atom stereocenters. The molecule has 0 aliphatic heterocycles. The summed E-state index contributed by atoms with van der Waals surface area (Å²) in [7, 11) is 3.43. The molecule has 0 spiro atoms. The second-order valence-electron chi connectivity index (χ2n) is 5.83. The van der Waals surface area contributed by atoms with Gasteiger partial charge in [0.1, 0.15) is 5.75 Å². The number of benzene rings is 2. The van der Waals surface area contributed by atoms with Crippen LogP contribution in [0.3, 0.4) is 0 Å². The second-order valence-corrected chi connectivity index (χ2v) is 7.57. The summed E-state index contributed by atoms with van der Waals surface area (Å²) in [5, 5.41) is 12.1. The van der Waals surface area contributed by atoms with Gasteiger partial charge in [0.25, 0.3) is 0 Å². The Morgan fingerprint density at radius 3 is 2.67 bits per heavy atom. The highest BCUT2D eigenvalue weighted by atomic mass is 35.5. The number of hydrogen-bond acceptors (Lipinski definition) is 5. The molecule has 0 saturated heterocycles. The number of methoxy groups -OCH3 is 1. The monoisotopic (exact) mass is 402 g/mol. The molecule has 3 rings (SSSR count). The minimum atomic E-state index is -0.389. The van der Waals surface area contributed by atoms with Gasteiger partial charge in [-0.05, 0) is 25.1 Å². The minimum absolute atomic E-state index is 0.176. The van der Waals surface area contributed by atoms with Crippen LogP contribution in [0.4, 0.5) is 5.69 Å². The van der Waals surface area contributed by atoms with Crippen LogP contribution in [-0.4, -0.2) is 33.0 Å². The summed E-state index contributed by atoms with van der Waals surface area (Å²) in [5.74, 6) is 1.13. The average Bonchev–Trinajstić information content (AvgIpc) is 3.03. The molecule has 1 amide bonds. The molecule has 27 heavy (non-hydrogen) atoms. The molecule has 140 valence electrons. The third kappa shape index (κ3) is 4.43. The Labute approximate surface area is 166 Å². The van der Waals surface area contributed by atoms with Gasteiger partial charge in [0.05, 0.1) is 18.0 Å². The number of carbonyl (C=O) groups is 1. The lowest BCUT2D eigenvalue weighted by molar-refractivity contribution is -0.115. The van der Waals surface area contributed by atoms with Crippen molar-refractivity contribution in [1.82, 2.24) is 14.8 Å². The van der Waals surface area contributed by atoms with Gasteiger partial charge in [-0.25, -0.2) is 0 Å². The van der Waals surface area contributed by atoms with Gasteiger partial charge in [0.15, 0.2) is 11.0 Å². The number of nitrogens with one attached hydrogen (secondary N) is 1. The number of carbonyl (C=O) groups excluding carboxylic acids is 1. The maximum Gasteiger partial charge on any atom is 0.237 e. The Morgan fingerprint density at radius 2 is 1.96 bits per heavy atom. The molecule has 1 aromatic heterocycles. The van der Waals surface area contributed by atoms with Crippen LogP contribution in [0.25, 0.3) is 11.4 Å². The summed E-state index contributed by atoms with van der Waals surface area (Å²) >= 11 is 7.35. The van der Waals surface area contributed by atoms with Gasteiger partial charge in [-0.1, -0.05) is 53.7 Å². The largest absolute Gasteiger partial charge is 0.495 e. The molecular weight excluding hydrogens is 384 g/mol. The molecule has 6 nitrogen and oxygen atoms in total. The number of halogens is 1. The zero-order valence-electron chi connectivity index (χ0n) is 15.1. The highest BCUT2D eigenvalue weighted by Crippen LogP contribution is 2.30. The number of hydrogen-bond donors (Lipinski definition) is 1. The average molecular weight is 403 g/mol. The molecule has 3 aromatic rings. The second kappa shape index (κ2) is 8.45. The predicted octanol–water partition coefficient (Wildman–Crippen LogP) is 4.26. The number of rotatable bonds is 6. The third-order valence-electron chi connectivity index (χ3n) is 3.94. The highest BCUT2D eigenvalue weighted by molar-refractivity contribution is 8.00. The summed E-state index contributed by atoms with van der Waals surface area (Å²) in [6.07, 6.45) is 0. The number of nitrogens with zero attached hydrogens (tertiary/aromatic N) is 3. The van der Waals surface area contributed by atoms with Gasteiger partial charge >= 0.3 is 0 Å². The Bertz CT molecular complexity index is 946. The zero-order valence-corrected chi connectivity index (χ0v) is 16.7. The summed E-state index contributed by atoms with van der Waals surface area (Å²) < 4.78 is 7.14. The predicted molar refractivity (Wildman–Crippen MR) is 108 cm³/mol.